The van der Waals surface area contributed by atoms with Crippen LogP contribution < -0.4 is 5.32 Å². The lowest BCUT2D eigenvalue weighted by molar-refractivity contribution is 0.242. The second-order valence-electron chi connectivity index (χ2n) is 3.49. The molecule has 3 heteroatoms. The Morgan fingerprint density at radius 1 is 1.36 bits per heavy atom. The summed E-state index contributed by atoms with van der Waals surface area (Å²) in [6, 6.07) is 6.55. The van der Waals surface area contributed by atoms with Gasteiger partial charge < -0.3 is 10.4 Å². The maximum atomic E-state index is 13.3. The predicted octanol–water partition coefficient (Wildman–Crippen LogP) is 1.86. The first kappa shape index (κ1) is 11.1. The summed E-state index contributed by atoms with van der Waals surface area (Å²) in [5.74, 6) is -0.211. The number of nitrogens with one attached hydrogen (secondary N) is 1. The summed E-state index contributed by atoms with van der Waals surface area (Å²) in [5, 5.41) is 11.9. The van der Waals surface area contributed by atoms with Crippen LogP contribution in [0.2, 0.25) is 0 Å². The Bertz CT molecular complexity index is 290. The zero-order chi connectivity index (χ0) is 10.6. The van der Waals surface area contributed by atoms with E-state index in [1.54, 1.807) is 18.2 Å². The van der Waals surface area contributed by atoms with E-state index in [-0.39, 0.29) is 24.5 Å². The van der Waals surface area contributed by atoms with Crippen LogP contribution in [0.15, 0.2) is 24.3 Å². The SMILES string of the molecule is CC(N[C@H](C)CO)c1ccccc1F. The average molecular weight is 197 g/mol. The van der Waals surface area contributed by atoms with Crippen molar-refractivity contribution < 1.29 is 9.50 Å². The fourth-order valence-corrected chi connectivity index (χ4v) is 1.40. The van der Waals surface area contributed by atoms with Crippen molar-refractivity contribution in [1.82, 2.24) is 5.32 Å². The Hall–Kier alpha value is -0.930. The number of aliphatic hydroxyl groups is 1. The summed E-state index contributed by atoms with van der Waals surface area (Å²) in [7, 11) is 0. The van der Waals surface area contributed by atoms with E-state index in [2.05, 4.69) is 5.32 Å². The molecule has 1 rings (SSSR count). The molecule has 2 atom stereocenters. The van der Waals surface area contributed by atoms with Gasteiger partial charge in [-0.15, -0.1) is 0 Å². The third-order valence-corrected chi connectivity index (χ3v) is 2.18. The Morgan fingerprint density at radius 3 is 2.57 bits per heavy atom. The Balaban J connectivity index is 2.69. The first-order valence-electron chi connectivity index (χ1n) is 4.76. The van der Waals surface area contributed by atoms with Crippen molar-refractivity contribution in [2.75, 3.05) is 6.61 Å². The van der Waals surface area contributed by atoms with Crippen LogP contribution in [0, 0.1) is 5.82 Å². The first-order valence-corrected chi connectivity index (χ1v) is 4.76. The smallest absolute Gasteiger partial charge is 0.127 e. The van der Waals surface area contributed by atoms with Crippen LogP contribution in [0.4, 0.5) is 4.39 Å². The third kappa shape index (κ3) is 2.79. The Morgan fingerprint density at radius 2 is 2.00 bits per heavy atom. The molecular weight excluding hydrogens is 181 g/mol. The minimum absolute atomic E-state index is 0.0235. The molecule has 0 fully saturated rings. The summed E-state index contributed by atoms with van der Waals surface area (Å²) in [6.45, 7) is 3.79. The molecule has 0 saturated carbocycles. The highest BCUT2D eigenvalue weighted by Crippen LogP contribution is 2.16. The van der Waals surface area contributed by atoms with Gasteiger partial charge in [0.1, 0.15) is 5.82 Å². The van der Waals surface area contributed by atoms with Gasteiger partial charge in [0.25, 0.3) is 0 Å². The van der Waals surface area contributed by atoms with Gasteiger partial charge in [-0.25, -0.2) is 4.39 Å². The van der Waals surface area contributed by atoms with E-state index in [4.69, 9.17) is 5.11 Å². The van der Waals surface area contributed by atoms with Gasteiger partial charge in [-0.05, 0) is 19.9 Å². The summed E-state index contributed by atoms with van der Waals surface area (Å²) < 4.78 is 13.3. The number of benzene rings is 1. The highest BCUT2D eigenvalue weighted by molar-refractivity contribution is 5.20. The quantitative estimate of drug-likeness (QED) is 0.772. The monoisotopic (exact) mass is 197 g/mol. The molecule has 0 amide bonds. The molecule has 14 heavy (non-hydrogen) atoms. The summed E-state index contributed by atoms with van der Waals surface area (Å²) in [4.78, 5) is 0. The molecule has 0 bridgehead atoms. The van der Waals surface area contributed by atoms with Gasteiger partial charge >= 0.3 is 0 Å². The molecule has 1 aromatic carbocycles. The molecule has 0 aliphatic rings. The van der Waals surface area contributed by atoms with Gasteiger partial charge in [0, 0.05) is 17.6 Å². The second kappa shape index (κ2) is 5.08. The van der Waals surface area contributed by atoms with E-state index >= 15 is 0 Å². The maximum absolute atomic E-state index is 13.3. The summed E-state index contributed by atoms with van der Waals surface area (Å²) >= 11 is 0. The van der Waals surface area contributed by atoms with Crippen molar-refractivity contribution in [3.05, 3.63) is 35.6 Å². The van der Waals surface area contributed by atoms with Crippen molar-refractivity contribution in [2.45, 2.75) is 25.9 Å². The molecule has 0 aromatic heterocycles. The topological polar surface area (TPSA) is 32.3 Å². The van der Waals surface area contributed by atoms with Gasteiger partial charge in [-0.2, -0.15) is 0 Å². The average Bonchev–Trinajstić information content (AvgIpc) is 2.18. The highest BCUT2D eigenvalue weighted by Gasteiger charge is 2.11. The fourth-order valence-electron chi connectivity index (χ4n) is 1.40. The number of hydrogen-bond donors (Lipinski definition) is 2. The Labute approximate surface area is 83.8 Å². The molecule has 78 valence electrons. The molecule has 0 spiro atoms. The normalized spacial score (nSPS) is 15.1. The van der Waals surface area contributed by atoms with Crippen LogP contribution in [0.3, 0.4) is 0 Å². The van der Waals surface area contributed by atoms with E-state index in [0.29, 0.717) is 5.56 Å². The van der Waals surface area contributed by atoms with Crippen molar-refractivity contribution in [2.24, 2.45) is 0 Å². The molecule has 1 aromatic rings. The van der Waals surface area contributed by atoms with Gasteiger partial charge in [-0.1, -0.05) is 18.2 Å². The lowest BCUT2D eigenvalue weighted by Gasteiger charge is -2.18. The predicted molar refractivity (Wildman–Crippen MR) is 54.5 cm³/mol. The molecule has 0 heterocycles. The molecule has 2 N–H and O–H groups in total. The first-order chi connectivity index (χ1) is 6.65. The zero-order valence-corrected chi connectivity index (χ0v) is 8.50. The zero-order valence-electron chi connectivity index (χ0n) is 8.50. The van der Waals surface area contributed by atoms with Gasteiger partial charge in [-0.3, -0.25) is 0 Å². The van der Waals surface area contributed by atoms with Crippen molar-refractivity contribution in [3.63, 3.8) is 0 Å². The minimum atomic E-state index is -0.211. The molecule has 2 nitrogen and oxygen atoms in total. The van der Waals surface area contributed by atoms with Crippen LogP contribution in [0.5, 0.6) is 0 Å². The maximum Gasteiger partial charge on any atom is 0.127 e. The van der Waals surface area contributed by atoms with Crippen LogP contribution in [0.1, 0.15) is 25.5 Å². The molecule has 0 aliphatic carbocycles. The van der Waals surface area contributed by atoms with Gasteiger partial charge in [0.05, 0.1) is 6.61 Å². The molecule has 1 unspecified atom stereocenters. The van der Waals surface area contributed by atoms with Gasteiger partial charge in [0.15, 0.2) is 0 Å². The van der Waals surface area contributed by atoms with E-state index < -0.39 is 0 Å². The summed E-state index contributed by atoms with van der Waals surface area (Å²) in [5.41, 5.74) is 0.632. The fraction of sp³-hybridized carbons (Fsp3) is 0.455. The number of hydrogen-bond acceptors (Lipinski definition) is 2. The number of aliphatic hydroxyl groups excluding tert-OH is 1. The van der Waals surface area contributed by atoms with E-state index in [1.807, 2.05) is 13.8 Å². The van der Waals surface area contributed by atoms with Crippen LogP contribution in [-0.4, -0.2) is 17.8 Å². The van der Waals surface area contributed by atoms with Crippen LogP contribution in [-0.2, 0) is 0 Å². The second-order valence-corrected chi connectivity index (χ2v) is 3.49. The van der Waals surface area contributed by atoms with Gasteiger partial charge in [0.2, 0.25) is 0 Å². The largest absolute Gasteiger partial charge is 0.395 e. The number of rotatable bonds is 4. The molecular formula is C11H16FNO. The van der Waals surface area contributed by atoms with Crippen molar-refractivity contribution in [1.29, 1.82) is 0 Å². The Kier molecular flexibility index (Phi) is 4.04. The minimum Gasteiger partial charge on any atom is -0.395 e. The van der Waals surface area contributed by atoms with E-state index in [9.17, 15) is 4.39 Å². The molecule has 0 aliphatic heterocycles. The van der Waals surface area contributed by atoms with Crippen LogP contribution >= 0.6 is 0 Å². The third-order valence-electron chi connectivity index (χ3n) is 2.18. The van der Waals surface area contributed by atoms with Crippen molar-refractivity contribution >= 4 is 0 Å². The molecule has 0 saturated heterocycles. The van der Waals surface area contributed by atoms with E-state index in [1.165, 1.54) is 6.07 Å². The number of halogens is 1. The van der Waals surface area contributed by atoms with Crippen LogP contribution in [0.25, 0.3) is 0 Å². The highest BCUT2D eigenvalue weighted by atomic mass is 19.1. The lowest BCUT2D eigenvalue weighted by atomic mass is 10.1. The van der Waals surface area contributed by atoms with Crippen molar-refractivity contribution in [3.8, 4) is 0 Å². The lowest BCUT2D eigenvalue weighted by Crippen LogP contribution is -2.32. The van der Waals surface area contributed by atoms with E-state index in [0.717, 1.165) is 0 Å². The molecule has 0 radical (unpaired) electrons. The standard InChI is InChI=1S/C11H16FNO/c1-8(7-14)13-9(2)10-5-3-4-6-11(10)12/h3-6,8-9,13-14H,7H2,1-2H3/t8-,9?/m1/s1. The summed E-state index contributed by atoms with van der Waals surface area (Å²) in [6.07, 6.45) is 0.